The van der Waals surface area contributed by atoms with E-state index in [0.717, 1.165) is 12.0 Å². The van der Waals surface area contributed by atoms with Crippen LogP contribution < -0.4 is 5.73 Å². The van der Waals surface area contributed by atoms with E-state index in [2.05, 4.69) is 6.92 Å². The molecule has 2 unspecified atom stereocenters. The summed E-state index contributed by atoms with van der Waals surface area (Å²) in [5, 5.41) is 0.517. The summed E-state index contributed by atoms with van der Waals surface area (Å²) in [4.78, 5) is 0. The molecular formula is C11H13ClFN. The van der Waals surface area contributed by atoms with Crippen molar-refractivity contribution in [2.75, 3.05) is 6.54 Å². The average molecular weight is 214 g/mol. The van der Waals surface area contributed by atoms with Gasteiger partial charge in [0.15, 0.2) is 0 Å². The zero-order valence-electron chi connectivity index (χ0n) is 8.06. The molecule has 1 nitrogen and oxygen atoms in total. The predicted molar refractivity (Wildman–Crippen MR) is 55.9 cm³/mol. The highest BCUT2D eigenvalue weighted by molar-refractivity contribution is 6.31. The highest BCUT2D eigenvalue weighted by Crippen LogP contribution is 2.55. The maximum atomic E-state index is 12.8. The van der Waals surface area contributed by atoms with Gasteiger partial charge in [0, 0.05) is 5.02 Å². The summed E-state index contributed by atoms with van der Waals surface area (Å²) in [6, 6.07) is 4.60. The van der Waals surface area contributed by atoms with Crippen LogP contribution in [0.3, 0.4) is 0 Å². The largest absolute Gasteiger partial charge is 0.330 e. The summed E-state index contributed by atoms with van der Waals surface area (Å²) in [6.45, 7) is 2.80. The van der Waals surface area contributed by atoms with Crippen LogP contribution >= 0.6 is 11.6 Å². The summed E-state index contributed by atoms with van der Waals surface area (Å²) < 4.78 is 12.8. The molecule has 76 valence electrons. The van der Waals surface area contributed by atoms with Crippen molar-refractivity contribution < 1.29 is 4.39 Å². The molecule has 1 aliphatic rings. The molecule has 2 rings (SSSR count). The topological polar surface area (TPSA) is 26.0 Å². The number of nitrogens with two attached hydrogens (primary N) is 1. The van der Waals surface area contributed by atoms with Gasteiger partial charge in [-0.3, -0.25) is 0 Å². The molecule has 0 heterocycles. The molecule has 1 aromatic rings. The van der Waals surface area contributed by atoms with Gasteiger partial charge in [0.25, 0.3) is 0 Å². The van der Waals surface area contributed by atoms with E-state index in [1.807, 2.05) is 0 Å². The fourth-order valence-corrected chi connectivity index (χ4v) is 2.46. The van der Waals surface area contributed by atoms with E-state index in [9.17, 15) is 4.39 Å². The third-order valence-corrected chi connectivity index (χ3v) is 3.56. The van der Waals surface area contributed by atoms with Gasteiger partial charge >= 0.3 is 0 Å². The molecule has 0 aliphatic heterocycles. The third-order valence-electron chi connectivity index (χ3n) is 3.24. The Bertz CT molecular complexity index is 366. The van der Waals surface area contributed by atoms with Gasteiger partial charge in [0.1, 0.15) is 5.82 Å². The fourth-order valence-electron chi connectivity index (χ4n) is 2.08. The Hall–Kier alpha value is -0.600. The number of rotatable bonds is 2. The molecule has 3 heteroatoms. The van der Waals surface area contributed by atoms with Crippen molar-refractivity contribution in [3.63, 3.8) is 0 Å². The quantitative estimate of drug-likeness (QED) is 0.803. The lowest BCUT2D eigenvalue weighted by atomic mass is 9.95. The molecular weight excluding hydrogens is 201 g/mol. The standard InChI is InChI=1S/C11H13ClFN/c1-11(5-7(11)6-14)9-3-2-8(13)4-10(9)12/h2-4,7H,5-6,14H2,1H3. The maximum absolute atomic E-state index is 12.8. The summed E-state index contributed by atoms with van der Waals surface area (Å²) in [5.41, 5.74) is 6.70. The van der Waals surface area contributed by atoms with Crippen LogP contribution in [-0.2, 0) is 5.41 Å². The van der Waals surface area contributed by atoms with Crippen LogP contribution in [-0.4, -0.2) is 6.54 Å². The van der Waals surface area contributed by atoms with Crippen molar-refractivity contribution in [3.05, 3.63) is 34.6 Å². The average Bonchev–Trinajstić information content (AvgIpc) is 2.77. The van der Waals surface area contributed by atoms with Crippen molar-refractivity contribution >= 4 is 11.6 Å². The first-order valence-electron chi connectivity index (χ1n) is 4.73. The second kappa shape index (κ2) is 3.21. The Morgan fingerprint density at radius 1 is 1.64 bits per heavy atom. The highest BCUT2D eigenvalue weighted by atomic mass is 35.5. The van der Waals surface area contributed by atoms with E-state index in [4.69, 9.17) is 17.3 Å². The second-order valence-corrected chi connectivity index (χ2v) is 4.59. The van der Waals surface area contributed by atoms with Gasteiger partial charge in [-0.2, -0.15) is 0 Å². The van der Waals surface area contributed by atoms with Gasteiger partial charge in [-0.1, -0.05) is 24.6 Å². The van der Waals surface area contributed by atoms with Gasteiger partial charge in [0.2, 0.25) is 0 Å². The first kappa shape index (κ1) is 9.94. The van der Waals surface area contributed by atoms with Crippen LogP contribution in [0.15, 0.2) is 18.2 Å². The van der Waals surface area contributed by atoms with Crippen molar-refractivity contribution in [2.24, 2.45) is 11.7 Å². The fraction of sp³-hybridized carbons (Fsp3) is 0.455. The normalized spacial score (nSPS) is 30.4. The lowest BCUT2D eigenvalue weighted by molar-refractivity contribution is 0.621. The summed E-state index contributed by atoms with van der Waals surface area (Å²) in [6.07, 6.45) is 1.05. The van der Waals surface area contributed by atoms with Crippen molar-refractivity contribution in [1.29, 1.82) is 0 Å². The van der Waals surface area contributed by atoms with Gasteiger partial charge in [-0.15, -0.1) is 0 Å². The van der Waals surface area contributed by atoms with Crippen LogP contribution in [0.2, 0.25) is 5.02 Å². The molecule has 2 N–H and O–H groups in total. The van der Waals surface area contributed by atoms with Crippen LogP contribution in [0.4, 0.5) is 4.39 Å². The molecule has 0 bridgehead atoms. The van der Waals surface area contributed by atoms with E-state index >= 15 is 0 Å². The molecule has 1 aliphatic carbocycles. The van der Waals surface area contributed by atoms with E-state index < -0.39 is 0 Å². The van der Waals surface area contributed by atoms with Gasteiger partial charge in [0.05, 0.1) is 0 Å². The number of halogens is 2. The van der Waals surface area contributed by atoms with Crippen molar-refractivity contribution in [3.8, 4) is 0 Å². The van der Waals surface area contributed by atoms with Crippen molar-refractivity contribution in [1.82, 2.24) is 0 Å². The summed E-state index contributed by atoms with van der Waals surface area (Å²) in [7, 11) is 0. The van der Waals surface area contributed by atoms with E-state index in [0.29, 0.717) is 17.5 Å². The Labute approximate surface area is 88.1 Å². The number of benzene rings is 1. The minimum absolute atomic E-state index is 0.0690. The van der Waals surface area contributed by atoms with Crippen LogP contribution in [0.1, 0.15) is 18.9 Å². The summed E-state index contributed by atoms with van der Waals surface area (Å²) >= 11 is 6.00. The highest BCUT2D eigenvalue weighted by Gasteiger charge is 2.50. The maximum Gasteiger partial charge on any atom is 0.124 e. The van der Waals surface area contributed by atoms with E-state index in [-0.39, 0.29) is 11.2 Å². The lowest BCUT2D eigenvalue weighted by Gasteiger charge is -2.13. The number of hydrogen-bond acceptors (Lipinski definition) is 1. The Morgan fingerprint density at radius 3 is 2.86 bits per heavy atom. The monoisotopic (exact) mass is 213 g/mol. The predicted octanol–water partition coefficient (Wildman–Crippen LogP) is 2.72. The smallest absolute Gasteiger partial charge is 0.124 e. The Morgan fingerprint density at radius 2 is 2.36 bits per heavy atom. The Kier molecular flexibility index (Phi) is 2.28. The zero-order chi connectivity index (χ0) is 10.3. The van der Waals surface area contributed by atoms with Gasteiger partial charge in [-0.25, -0.2) is 4.39 Å². The van der Waals surface area contributed by atoms with E-state index in [1.54, 1.807) is 6.07 Å². The Balaban J connectivity index is 2.34. The molecule has 1 aromatic carbocycles. The van der Waals surface area contributed by atoms with Gasteiger partial charge < -0.3 is 5.73 Å². The zero-order valence-corrected chi connectivity index (χ0v) is 8.81. The minimum Gasteiger partial charge on any atom is -0.330 e. The molecule has 0 aromatic heterocycles. The first-order valence-corrected chi connectivity index (χ1v) is 5.11. The number of hydrogen-bond donors (Lipinski definition) is 1. The molecule has 1 fully saturated rings. The molecule has 14 heavy (non-hydrogen) atoms. The molecule has 0 spiro atoms. The third kappa shape index (κ3) is 1.43. The molecule has 0 amide bonds. The molecule has 0 saturated heterocycles. The SMILES string of the molecule is CC1(c2ccc(F)cc2Cl)CC1CN. The second-order valence-electron chi connectivity index (χ2n) is 4.18. The van der Waals surface area contributed by atoms with Crippen LogP contribution in [0.25, 0.3) is 0 Å². The van der Waals surface area contributed by atoms with Crippen molar-refractivity contribution in [2.45, 2.75) is 18.8 Å². The van der Waals surface area contributed by atoms with Crippen LogP contribution in [0.5, 0.6) is 0 Å². The minimum atomic E-state index is -0.285. The lowest BCUT2D eigenvalue weighted by Crippen LogP contribution is -2.12. The van der Waals surface area contributed by atoms with Gasteiger partial charge in [-0.05, 0) is 42.0 Å². The van der Waals surface area contributed by atoms with E-state index in [1.165, 1.54) is 12.1 Å². The summed E-state index contributed by atoms with van der Waals surface area (Å²) in [5.74, 6) is 0.206. The molecule has 0 radical (unpaired) electrons. The molecule has 2 atom stereocenters. The van der Waals surface area contributed by atoms with Crippen LogP contribution in [0, 0.1) is 11.7 Å². The first-order chi connectivity index (χ1) is 6.58. The molecule has 1 saturated carbocycles.